The van der Waals surface area contributed by atoms with Crippen molar-refractivity contribution in [3.63, 3.8) is 0 Å². The smallest absolute Gasteiger partial charge is 0.417 e. The summed E-state index contributed by atoms with van der Waals surface area (Å²) < 4.78 is 49.4. The number of nitrogens with zero attached hydrogens (tertiary/aromatic N) is 4. The van der Waals surface area contributed by atoms with Gasteiger partial charge in [0.05, 0.1) is 30.3 Å². The van der Waals surface area contributed by atoms with Crippen molar-refractivity contribution in [3.8, 4) is 5.82 Å². The molecule has 8 nitrogen and oxygen atoms in total. The summed E-state index contributed by atoms with van der Waals surface area (Å²) in [6.07, 6.45) is -1.13. The molecular formula is C19H17F3N4O4. The lowest BCUT2D eigenvalue weighted by Gasteiger charge is -2.15. The zero-order valence-electron chi connectivity index (χ0n) is 16.0. The minimum atomic E-state index is -4.50. The summed E-state index contributed by atoms with van der Waals surface area (Å²) in [5.74, 6) is -0.535. The van der Waals surface area contributed by atoms with Crippen LogP contribution in [-0.2, 0) is 22.3 Å². The summed E-state index contributed by atoms with van der Waals surface area (Å²) in [5.41, 5.74) is -0.519. The number of aromatic nitrogens is 3. The van der Waals surface area contributed by atoms with Crippen LogP contribution in [0.3, 0.4) is 0 Å². The monoisotopic (exact) mass is 422 g/mol. The number of hydrogen-bond donors (Lipinski definition) is 0. The molecular weight excluding hydrogens is 405 g/mol. The van der Waals surface area contributed by atoms with Crippen molar-refractivity contribution in [3.05, 3.63) is 65.5 Å². The highest BCUT2D eigenvalue weighted by Gasteiger charge is 2.31. The van der Waals surface area contributed by atoms with Gasteiger partial charge >= 0.3 is 12.1 Å². The second-order valence-electron chi connectivity index (χ2n) is 6.36. The van der Waals surface area contributed by atoms with E-state index in [1.54, 1.807) is 12.1 Å². The SMILES string of the molecule is Cc1c(C(=O)OCC(=O)N(C)Cc2ccco2)cnn1-c1ccc(C(F)(F)F)cn1. The Morgan fingerprint density at radius 3 is 2.60 bits per heavy atom. The number of halogens is 3. The average molecular weight is 422 g/mol. The van der Waals surface area contributed by atoms with E-state index in [1.807, 2.05) is 0 Å². The Labute approximate surface area is 168 Å². The van der Waals surface area contributed by atoms with E-state index in [4.69, 9.17) is 9.15 Å². The predicted octanol–water partition coefficient (Wildman–Crippen LogP) is 3.00. The molecule has 0 atom stereocenters. The highest BCUT2D eigenvalue weighted by molar-refractivity contribution is 5.92. The van der Waals surface area contributed by atoms with Crippen LogP contribution in [0.15, 0.2) is 47.3 Å². The van der Waals surface area contributed by atoms with Gasteiger partial charge in [-0.3, -0.25) is 4.79 Å². The molecule has 0 aliphatic rings. The lowest BCUT2D eigenvalue weighted by Crippen LogP contribution is -2.30. The van der Waals surface area contributed by atoms with Gasteiger partial charge in [0.15, 0.2) is 12.4 Å². The van der Waals surface area contributed by atoms with Crippen molar-refractivity contribution in [2.75, 3.05) is 13.7 Å². The Morgan fingerprint density at radius 2 is 2.00 bits per heavy atom. The molecule has 0 radical (unpaired) electrons. The molecule has 0 unspecified atom stereocenters. The number of likely N-dealkylation sites (N-methyl/N-ethyl adjacent to an activating group) is 1. The van der Waals surface area contributed by atoms with Crippen LogP contribution in [0.25, 0.3) is 5.82 Å². The van der Waals surface area contributed by atoms with Crippen molar-refractivity contribution in [2.24, 2.45) is 0 Å². The lowest BCUT2D eigenvalue weighted by molar-refractivity contribution is -0.137. The van der Waals surface area contributed by atoms with Crippen molar-refractivity contribution in [1.29, 1.82) is 0 Å². The number of alkyl halides is 3. The van der Waals surface area contributed by atoms with Crippen LogP contribution in [-0.4, -0.2) is 45.2 Å². The Hall–Kier alpha value is -3.63. The second kappa shape index (κ2) is 8.39. The fraction of sp³-hybridized carbons (Fsp3) is 0.263. The zero-order valence-corrected chi connectivity index (χ0v) is 16.0. The largest absolute Gasteiger partial charge is 0.467 e. The number of ether oxygens (including phenoxy) is 1. The van der Waals surface area contributed by atoms with Crippen LogP contribution in [0, 0.1) is 6.92 Å². The maximum absolute atomic E-state index is 12.7. The van der Waals surface area contributed by atoms with Crippen molar-refractivity contribution in [2.45, 2.75) is 19.6 Å². The van der Waals surface area contributed by atoms with Gasteiger partial charge in [-0.1, -0.05) is 0 Å². The first-order chi connectivity index (χ1) is 14.2. The van der Waals surface area contributed by atoms with Crippen LogP contribution in [0.1, 0.15) is 27.4 Å². The van der Waals surface area contributed by atoms with Gasteiger partial charge in [-0.15, -0.1) is 0 Å². The van der Waals surface area contributed by atoms with E-state index in [-0.39, 0.29) is 17.9 Å². The molecule has 0 aliphatic heterocycles. The molecule has 0 fully saturated rings. The molecule has 11 heteroatoms. The molecule has 30 heavy (non-hydrogen) atoms. The molecule has 158 valence electrons. The third kappa shape index (κ3) is 4.67. The molecule has 3 heterocycles. The summed E-state index contributed by atoms with van der Waals surface area (Å²) in [6, 6.07) is 5.42. The molecule has 1 amide bonds. The van der Waals surface area contributed by atoms with Crippen LogP contribution in [0.2, 0.25) is 0 Å². The molecule has 0 N–H and O–H groups in total. The first-order valence-electron chi connectivity index (χ1n) is 8.68. The molecule has 0 spiro atoms. The molecule has 0 saturated carbocycles. The van der Waals surface area contributed by atoms with E-state index in [0.717, 1.165) is 12.1 Å². The summed E-state index contributed by atoms with van der Waals surface area (Å²) in [4.78, 5) is 29.5. The highest BCUT2D eigenvalue weighted by atomic mass is 19.4. The molecule has 3 rings (SSSR count). The number of carbonyl (C=O) groups is 2. The van der Waals surface area contributed by atoms with Gasteiger partial charge in [0.25, 0.3) is 5.91 Å². The Bertz CT molecular complexity index is 1030. The molecule has 0 aliphatic carbocycles. The maximum atomic E-state index is 12.7. The normalized spacial score (nSPS) is 11.4. The van der Waals surface area contributed by atoms with Gasteiger partial charge < -0.3 is 14.1 Å². The number of rotatable bonds is 6. The van der Waals surface area contributed by atoms with Crippen LogP contribution < -0.4 is 0 Å². The van der Waals surface area contributed by atoms with E-state index >= 15 is 0 Å². The van der Waals surface area contributed by atoms with Gasteiger partial charge in [0.2, 0.25) is 0 Å². The minimum Gasteiger partial charge on any atom is -0.467 e. The van der Waals surface area contributed by atoms with E-state index < -0.39 is 30.2 Å². The first kappa shape index (κ1) is 21.1. The number of furan rings is 1. The third-order valence-corrected chi connectivity index (χ3v) is 4.25. The number of carbonyl (C=O) groups excluding carboxylic acids is 2. The van der Waals surface area contributed by atoms with E-state index in [1.165, 1.54) is 36.0 Å². The third-order valence-electron chi connectivity index (χ3n) is 4.25. The second-order valence-corrected chi connectivity index (χ2v) is 6.36. The number of hydrogen-bond acceptors (Lipinski definition) is 6. The van der Waals surface area contributed by atoms with Crippen LogP contribution >= 0.6 is 0 Å². The Kier molecular flexibility index (Phi) is 5.90. The zero-order chi connectivity index (χ0) is 21.9. The summed E-state index contributed by atoms with van der Waals surface area (Å²) in [5, 5.41) is 3.98. The molecule has 0 saturated heterocycles. The molecule has 3 aromatic heterocycles. The van der Waals surface area contributed by atoms with Gasteiger partial charge in [-0.2, -0.15) is 18.3 Å². The Morgan fingerprint density at radius 1 is 1.23 bits per heavy atom. The van der Waals surface area contributed by atoms with E-state index in [9.17, 15) is 22.8 Å². The summed E-state index contributed by atoms with van der Waals surface area (Å²) in [7, 11) is 1.54. The fourth-order valence-corrected chi connectivity index (χ4v) is 2.56. The van der Waals surface area contributed by atoms with Gasteiger partial charge in [-0.25, -0.2) is 14.5 Å². The molecule has 3 aromatic rings. The number of pyridine rings is 1. The van der Waals surface area contributed by atoms with E-state index in [2.05, 4.69) is 10.1 Å². The predicted molar refractivity (Wildman–Crippen MR) is 96.6 cm³/mol. The van der Waals surface area contributed by atoms with Crippen molar-refractivity contribution >= 4 is 11.9 Å². The molecule has 0 bridgehead atoms. The fourth-order valence-electron chi connectivity index (χ4n) is 2.56. The maximum Gasteiger partial charge on any atom is 0.417 e. The highest BCUT2D eigenvalue weighted by Crippen LogP contribution is 2.28. The van der Waals surface area contributed by atoms with Crippen LogP contribution in [0.4, 0.5) is 13.2 Å². The lowest BCUT2D eigenvalue weighted by atomic mass is 10.2. The Balaban J connectivity index is 1.63. The quantitative estimate of drug-likeness (QED) is 0.568. The number of esters is 1. The topological polar surface area (TPSA) is 90.5 Å². The summed E-state index contributed by atoms with van der Waals surface area (Å²) >= 11 is 0. The van der Waals surface area contributed by atoms with Gasteiger partial charge in [-0.05, 0) is 31.2 Å². The van der Waals surface area contributed by atoms with Crippen molar-refractivity contribution in [1.82, 2.24) is 19.7 Å². The average Bonchev–Trinajstić information content (AvgIpc) is 3.34. The van der Waals surface area contributed by atoms with Crippen LogP contribution in [0.5, 0.6) is 0 Å². The minimum absolute atomic E-state index is 0.0678. The standard InChI is InChI=1S/C19H17F3N4O4/c1-12-15(9-24-26(12)16-6-5-13(8-23-16)19(20,21)22)18(28)30-11-17(27)25(2)10-14-4-3-7-29-14/h3-9H,10-11H2,1-2H3. The molecule has 0 aromatic carbocycles. The number of amides is 1. The first-order valence-corrected chi connectivity index (χ1v) is 8.68. The van der Waals surface area contributed by atoms with Gasteiger partial charge in [0, 0.05) is 13.2 Å². The summed E-state index contributed by atoms with van der Waals surface area (Å²) in [6.45, 7) is 1.27. The van der Waals surface area contributed by atoms with Crippen molar-refractivity contribution < 1.29 is 31.9 Å². The van der Waals surface area contributed by atoms with E-state index in [0.29, 0.717) is 17.7 Å². The van der Waals surface area contributed by atoms with Gasteiger partial charge in [0.1, 0.15) is 11.3 Å².